The van der Waals surface area contributed by atoms with Crippen LogP contribution in [0.3, 0.4) is 0 Å². The van der Waals surface area contributed by atoms with E-state index in [9.17, 15) is 13.2 Å². The van der Waals surface area contributed by atoms with Crippen LogP contribution in [0.2, 0.25) is 0 Å². The Morgan fingerprint density at radius 2 is 1.94 bits per heavy atom. The highest BCUT2D eigenvalue weighted by atomic mass is 79.9. The van der Waals surface area contributed by atoms with E-state index >= 15 is 0 Å². The molecule has 0 bridgehead atoms. The van der Waals surface area contributed by atoms with Gasteiger partial charge in [0, 0.05) is 16.4 Å². The van der Waals surface area contributed by atoms with Crippen molar-refractivity contribution in [2.45, 2.75) is 13.1 Å². The third kappa shape index (κ3) is 2.69. The average molecular weight is 305 g/mol. The Kier molecular flexibility index (Phi) is 2.99. The summed E-state index contributed by atoms with van der Waals surface area (Å²) in [5, 5.41) is 0. The van der Waals surface area contributed by atoms with Crippen LogP contribution in [0.1, 0.15) is 11.3 Å². The predicted molar refractivity (Wildman–Crippen MR) is 61.0 cm³/mol. The first-order chi connectivity index (χ1) is 7.86. The van der Waals surface area contributed by atoms with Crippen molar-refractivity contribution in [2.75, 3.05) is 0 Å². The number of aryl methyl sites for hydroxylation is 1. The van der Waals surface area contributed by atoms with E-state index in [2.05, 4.69) is 20.9 Å². The number of benzene rings is 1. The maximum Gasteiger partial charge on any atom is 0.416 e. The molecule has 2 rings (SSSR count). The number of imidazole rings is 1. The minimum atomic E-state index is -4.35. The largest absolute Gasteiger partial charge is 0.416 e. The van der Waals surface area contributed by atoms with Gasteiger partial charge in [-0.05, 0) is 25.1 Å². The molecule has 17 heavy (non-hydrogen) atoms. The van der Waals surface area contributed by atoms with E-state index in [1.165, 1.54) is 6.33 Å². The smallest absolute Gasteiger partial charge is 0.306 e. The Hall–Kier alpha value is -1.30. The minimum absolute atomic E-state index is 0.383. The van der Waals surface area contributed by atoms with E-state index in [0.717, 1.165) is 17.8 Å². The number of alkyl halides is 3. The van der Waals surface area contributed by atoms with Gasteiger partial charge in [0.05, 0.1) is 17.6 Å². The van der Waals surface area contributed by atoms with Crippen LogP contribution in [0.4, 0.5) is 13.2 Å². The summed E-state index contributed by atoms with van der Waals surface area (Å²) in [6, 6.07) is 3.75. The standard InChI is InChI=1S/C11H8BrF3N2/c1-7-5-17(6-16-7)10-3-8(11(13,14)15)2-9(12)4-10/h2-6H,1H3. The average Bonchev–Trinajstić information content (AvgIpc) is 2.62. The van der Waals surface area contributed by atoms with E-state index in [0.29, 0.717) is 10.2 Å². The number of hydrogen-bond acceptors (Lipinski definition) is 1. The second kappa shape index (κ2) is 4.18. The molecule has 0 spiro atoms. The fourth-order valence-electron chi connectivity index (χ4n) is 1.45. The third-order valence-electron chi connectivity index (χ3n) is 2.22. The van der Waals surface area contributed by atoms with Gasteiger partial charge in [0.15, 0.2) is 0 Å². The second-order valence-corrected chi connectivity index (χ2v) is 4.53. The predicted octanol–water partition coefficient (Wildman–Crippen LogP) is 3.96. The van der Waals surface area contributed by atoms with Crippen LogP contribution < -0.4 is 0 Å². The number of hydrogen-bond donors (Lipinski definition) is 0. The van der Waals surface area contributed by atoms with Gasteiger partial charge in [-0.3, -0.25) is 0 Å². The molecule has 1 aromatic carbocycles. The van der Waals surface area contributed by atoms with Crippen molar-refractivity contribution in [1.29, 1.82) is 0 Å². The van der Waals surface area contributed by atoms with Crippen molar-refractivity contribution in [2.24, 2.45) is 0 Å². The van der Waals surface area contributed by atoms with E-state index in [1.807, 2.05) is 0 Å². The first kappa shape index (κ1) is 12.2. The van der Waals surface area contributed by atoms with Crippen LogP contribution in [0.25, 0.3) is 5.69 Å². The zero-order valence-corrected chi connectivity index (χ0v) is 10.4. The van der Waals surface area contributed by atoms with Crippen molar-refractivity contribution >= 4 is 15.9 Å². The van der Waals surface area contributed by atoms with Gasteiger partial charge >= 0.3 is 6.18 Å². The molecular formula is C11H8BrF3N2. The molecule has 6 heteroatoms. The summed E-state index contributed by atoms with van der Waals surface area (Å²) in [7, 11) is 0. The first-order valence-electron chi connectivity index (χ1n) is 4.75. The van der Waals surface area contributed by atoms with Crippen molar-refractivity contribution in [3.63, 3.8) is 0 Å². The van der Waals surface area contributed by atoms with Crippen LogP contribution in [0.5, 0.6) is 0 Å². The zero-order chi connectivity index (χ0) is 12.6. The van der Waals surface area contributed by atoms with Gasteiger partial charge in [-0.25, -0.2) is 4.98 Å². The summed E-state index contributed by atoms with van der Waals surface area (Å²) in [6.07, 6.45) is -1.20. The molecule has 1 heterocycles. The third-order valence-corrected chi connectivity index (χ3v) is 2.68. The van der Waals surface area contributed by atoms with Crippen LogP contribution in [-0.2, 0) is 6.18 Å². The molecule has 2 aromatic rings. The van der Waals surface area contributed by atoms with Crippen LogP contribution in [0.15, 0.2) is 35.2 Å². The molecule has 0 amide bonds. The summed E-state index contributed by atoms with van der Waals surface area (Å²) < 4.78 is 39.8. The lowest BCUT2D eigenvalue weighted by atomic mass is 10.2. The van der Waals surface area contributed by atoms with Crippen LogP contribution in [0, 0.1) is 6.92 Å². The van der Waals surface area contributed by atoms with E-state index in [1.54, 1.807) is 23.8 Å². The lowest BCUT2D eigenvalue weighted by Crippen LogP contribution is -2.06. The highest BCUT2D eigenvalue weighted by Crippen LogP contribution is 2.32. The van der Waals surface area contributed by atoms with Gasteiger partial charge < -0.3 is 4.57 Å². The molecule has 0 fully saturated rings. The summed E-state index contributed by atoms with van der Waals surface area (Å²) in [5.41, 5.74) is 0.485. The molecule has 0 unspecified atom stereocenters. The summed E-state index contributed by atoms with van der Waals surface area (Å²) in [4.78, 5) is 3.98. The zero-order valence-electron chi connectivity index (χ0n) is 8.79. The topological polar surface area (TPSA) is 17.8 Å². The fraction of sp³-hybridized carbons (Fsp3) is 0.182. The van der Waals surface area contributed by atoms with Crippen molar-refractivity contribution < 1.29 is 13.2 Å². The van der Waals surface area contributed by atoms with Gasteiger partial charge in [-0.1, -0.05) is 15.9 Å². The number of nitrogens with zero attached hydrogens (tertiary/aromatic N) is 2. The molecular weight excluding hydrogens is 297 g/mol. The van der Waals surface area contributed by atoms with Gasteiger partial charge in [0.2, 0.25) is 0 Å². The first-order valence-corrected chi connectivity index (χ1v) is 5.54. The lowest BCUT2D eigenvalue weighted by Gasteiger charge is -2.10. The maximum absolute atomic E-state index is 12.6. The Morgan fingerprint density at radius 3 is 2.47 bits per heavy atom. The highest BCUT2D eigenvalue weighted by molar-refractivity contribution is 9.10. The quantitative estimate of drug-likeness (QED) is 0.780. The monoisotopic (exact) mass is 304 g/mol. The number of rotatable bonds is 1. The van der Waals surface area contributed by atoms with Gasteiger partial charge in [0.1, 0.15) is 0 Å². The Labute approximate surface area is 104 Å². The van der Waals surface area contributed by atoms with E-state index in [-0.39, 0.29) is 0 Å². The van der Waals surface area contributed by atoms with Gasteiger partial charge in [-0.15, -0.1) is 0 Å². The van der Waals surface area contributed by atoms with Crippen molar-refractivity contribution in [3.8, 4) is 5.69 Å². The molecule has 0 atom stereocenters. The minimum Gasteiger partial charge on any atom is -0.306 e. The van der Waals surface area contributed by atoms with E-state index in [4.69, 9.17) is 0 Å². The molecule has 1 aromatic heterocycles. The number of halogens is 4. The molecule has 0 aliphatic carbocycles. The Morgan fingerprint density at radius 1 is 1.24 bits per heavy atom. The molecule has 0 aliphatic rings. The maximum atomic E-state index is 12.6. The SMILES string of the molecule is Cc1cn(-c2cc(Br)cc(C(F)(F)F)c2)cn1. The van der Waals surface area contributed by atoms with Gasteiger partial charge in [-0.2, -0.15) is 13.2 Å². The molecule has 0 radical (unpaired) electrons. The Balaban J connectivity index is 2.52. The molecule has 0 N–H and O–H groups in total. The molecule has 0 aliphatic heterocycles. The van der Waals surface area contributed by atoms with Crippen molar-refractivity contribution in [1.82, 2.24) is 9.55 Å². The van der Waals surface area contributed by atoms with Crippen LogP contribution >= 0.6 is 15.9 Å². The van der Waals surface area contributed by atoms with Crippen LogP contribution in [-0.4, -0.2) is 9.55 Å². The summed E-state index contributed by atoms with van der Waals surface area (Å²) in [6.45, 7) is 1.78. The molecule has 0 saturated carbocycles. The molecule has 90 valence electrons. The lowest BCUT2D eigenvalue weighted by molar-refractivity contribution is -0.137. The summed E-state index contributed by atoms with van der Waals surface area (Å²) >= 11 is 3.08. The Bertz CT molecular complexity index is 546. The van der Waals surface area contributed by atoms with Crippen molar-refractivity contribution in [3.05, 3.63) is 46.5 Å². The van der Waals surface area contributed by atoms with E-state index < -0.39 is 11.7 Å². The molecule has 0 saturated heterocycles. The summed E-state index contributed by atoms with van der Waals surface area (Å²) in [5.74, 6) is 0. The highest BCUT2D eigenvalue weighted by Gasteiger charge is 2.31. The van der Waals surface area contributed by atoms with Gasteiger partial charge in [0.25, 0.3) is 0 Å². The normalized spacial score (nSPS) is 11.8. The molecule has 2 nitrogen and oxygen atoms in total. The second-order valence-electron chi connectivity index (χ2n) is 3.62. The number of aromatic nitrogens is 2. The fourth-order valence-corrected chi connectivity index (χ4v) is 1.93.